The number of pyridine rings is 1. The van der Waals surface area contributed by atoms with E-state index in [2.05, 4.69) is 10.2 Å². The number of hydrogen-bond donors (Lipinski definition) is 0. The zero-order valence-corrected chi connectivity index (χ0v) is 16.1. The highest BCUT2D eigenvalue weighted by molar-refractivity contribution is 7.92. The molecule has 0 N–H and O–H groups in total. The van der Waals surface area contributed by atoms with Gasteiger partial charge in [0.15, 0.2) is 5.65 Å². The summed E-state index contributed by atoms with van der Waals surface area (Å²) in [6.45, 7) is 1.67. The van der Waals surface area contributed by atoms with Crippen molar-refractivity contribution in [2.75, 3.05) is 4.31 Å². The second kappa shape index (κ2) is 7.25. The number of sulfonamides is 1. The Morgan fingerprint density at radius 2 is 1.52 bits per heavy atom. The number of nitrogens with zero attached hydrogens (tertiary/aromatic N) is 4. The highest BCUT2D eigenvalue weighted by Crippen LogP contribution is 2.26. The summed E-state index contributed by atoms with van der Waals surface area (Å²) in [5.41, 5.74) is 1.39. The summed E-state index contributed by atoms with van der Waals surface area (Å²) in [4.78, 5) is 0.0272. The van der Waals surface area contributed by atoms with Crippen molar-refractivity contribution in [3.8, 4) is 0 Å². The van der Waals surface area contributed by atoms with Crippen molar-refractivity contribution in [1.82, 2.24) is 14.6 Å². The topological polar surface area (TPSA) is 67.6 Å². The molecule has 0 atom stereocenters. The largest absolute Gasteiger partial charge is 0.285 e. The maximum Gasteiger partial charge on any atom is 0.266 e. The predicted molar refractivity (Wildman–Crippen MR) is 104 cm³/mol. The van der Waals surface area contributed by atoms with Gasteiger partial charge in [0.25, 0.3) is 10.0 Å². The number of aromatic nitrogens is 3. The van der Waals surface area contributed by atoms with Crippen LogP contribution in [0, 0.1) is 18.6 Å². The average molecular weight is 414 g/mol. The third-order valence-corrected chi connectivity index (χ3v) is 6.25. The van der Waals surface area contributed by atoms with Gasteiger partial charge in [-0.2, -0.15) is 0 Å². The minimum absolute atomic E-state index is 0.0272. The molecule has 4 rings (SSSR count). The second-order valence-electron chi connectivity index (χ2n) is 6.45. The fourth-order valence-electron chi connectivity index (χ4n) is 2.94. The molecule has 0 aliphatic rings. The molecule has 0 bridgehead atoms. The van der Waals surface area contributed by atoms with E-state index in [1.165, 1.54) is 60.8 Å². The van der Waals surface area contributed by atoms with Gasteiger partial charge in [0.1, 0.15) is 22.4 Å². The molecule has 0 unspecified atom stereocenters. The maximum atomic E-state index is 13.5. The monoisotopic (exact) mass is 414 g/mol. The van der Waals surface area contributed by atoms with Gasteiger partial charge in [0.05, 0.1) is 12.2 Å². The van der Waals surface area contributed by atoms with Crippen LogP contribution in [-0.2, 0) is 16.6 Å². The van der Waals surface area contributed by atoms with Crippen LogP contribution in [0.1, 0.15) is 11.4 Å². The molecule has 0 fully saturated rings. The van der Waals surface area contributed by atoms with E-state index >= 15 is 0 Å². The van der Waals surface area contributed by atoms with Crippen LogP contribution in [0.5, 0.6) is 0 Å². The Labute approximate surface area is 166 Å². The zero-order valence-electron chi connectivity index (χ0n) is 15.3. The molecule has 0 aliphatic carbocycles. The Morgan fingerprint density at radius 1 is 0.897 bits per heavy atom. The number of rotatable bonds is 5. The molecule has 4 aromatic rings. The minimum Gasteiger partial charge on any atom is -0.285 e. The third kappa shape index (κ3) is 3.68. The third-order valence-electron chi connectivity index (χ3n) is 4.49. The van der Waals surface area contributed by atoms with Crippen LogP contribution in [0.4, 0.5) is 14.5 Å². The number of anilines is 1. The van der Waals surface area contributed by atoms with Crippen LogP contribution in [0.25, 0.3) is 5.65 Å². The van der Waals surface area contributed by atoms with Crippen LogP contribution in [0.3, 0.4) is 0 Å². The number of aryl methyl sites for hydroxylation is 1. The number of fused-ring (bicyclic) bond motifs is 1. The first-order valence-electron chi connectivity index (χ1n) is 8.69. The maximum absolute atomic E-state index is 13.5. The van der Waals surface area contributed by atoms with Gasteiger partial charge in [-0.15, -0.1) is 10.2 Å². The Kier molecular flexibility index (Phi) is 4.75. The summed E-state index contributed by atoms with van der Waals surface area (Å²) < 4.78 is 56.3. The zero-order chi connectivity index (χ0) is 20.6. The van der Waals surface area contributed by atoms with Crippen molar-refractivity contribution in [3.05, 3.63) is 89.9 Å². The molecule has 2 aromatic carbocycles. The van der Waals surface area contributed by atoms with Crippen molar-refractivity contribution in [2.45, 2.75) is 18.4 Å². The highest BCUT2D eigenvalue weighted by atomic mass is 32.2. The summed E-state index contributed by atoms with van der Waals surface area (Å²) in [5.74, 6) is -0.350. The lowest BCUT2D eigenvalue weighted by atomic mass is 10.2. The molecule has 6 nitrogen and oxygen atoms in total. The van der Waals surface area contributed by atoms with E-state index in [4.69, 9.17) is 0 Å². The van der Waals surface area contributed by atoms with Crippen molar-refractivity contribution in [3.63, 3.8) is 0 Å². The normalized spacial score (nSPS) is 11.7. The van der Waals surface area contributed by atoms with Crippen molar-refractivity contribution in [1.29, 1.82) is 0 Å². The smallest absolute Gasteiger partial charge is 0.266 e. The summed E-state index contributed by atoms with van der Waals surface area (Å²) in [7, 11) is -4.02. The van der Waals surface area contributed by atoms with Crippen LogP contribution in [0.15, 0.2) is 71.8 Å². The quantitative estimate of drug-likeness (QED) is 0.499. The minimum atomic E-state index is -4.02. The lowest BCUT2D eigenvalue weighted by Crippen LogP contribution is -2.30. The van der Waals surface area contributed by atoms with E-state index in [0.29, 0.717) is 17.0 Å². The number of hydrogen-bond acceptors (Lipinski definition) is 4. The standard InChI is InChI=1S/C20H16F2N4O2S/c1-14-23-24-20-11-10-19(13-25(14)20)29(27,28)26(18-8-6-17(22)7-9-18)12-15-2-4-16(21)5-3-15/h2-11,13H,12H2,1H3. The van der Waals surface area contributed by atoms with Crippen molar-refractivity contribution >= 4 is 21.4 Å². The lowest BCUT2D eigenvalue weighted by Gasteiger charge is -2.25. The van der Waals surface area contributed by atoms with Gasteiger partial charge in [-0.05, 0) is 61.0 Å². The van der Waals surface area contributed by atoms with Gasteiger partial charge >= 0.3 is 0 Å². The molecule has 148 valence electrons. The molecular weight excluding hydrogens is 398 g/mol. The fraction of sp³-hybridized carbons (Fsp3) is 0.100. The van der Waals surface area contributed by atoms with Gasteiger partial charge in [-0.3, -0.25) is 8.71 Å². The van der Waals surface area contributed by atoms with Crippen LogP contribution < -0.4 is 4.31 Å². The number of halogens is 2. The molecule has 0 radical (unpaired) electrons. The molecule has 0 saturated heterocycles. The first-order chi connectivity index (χ1) is 13.8. The van der Waals surface area contributed by atoms with E-state index in [-0.39, 0.29) is 17.1 Å². The molecule has 2 heterocycles. The van der Waals surface area contributed by atoms with Gasteiger partial charge in [0.2, 0.25) is 0 Å². The molecule has 0 saturated carbocycles. The summed E-state index contributed by atoms with van der Waals surface area (Å²) >= 11 is 0. The Bertz CT molecular complexity index is 1270. The van der Waals surface area contributed by atoms with E-state index in [0.717, 1.165) is 4.31 Å². The first-order valence-corrected chi connectivity index (χ1v) is 10.1. The molecular formula is C20H16F2N4O2S. The molecule has 9 heteroatoms. The summed E-state index contributed by atoms with van der Waals surface area (Å²) in [6, 6.07) is 13.7. The van der Waals surface area contributed by atoms with Crippen molar-refractivity contribution in [2.24, 2.45) is 0 Å². The van der Waals surface area contributed by atoms with Crippen LogP contribution in [-0.4, -0.2) is 23.0 Å². The van der Waals surface area contributed by atoms with E-state index in [1.807, 2.05) is 0 Å². The Morgan fingerprint density at radius 3 is 2.17 bits per heavy atom. The Balaban J connectivity index is 1.82. The van der Waals surface area contributed by atoms with E-state index < -0.39 is 21.7 Å². The SMILES string of the molecule is Cc1nnc2ccc(S(=O)(=O)N(Cc3ccc(F)cc3)c3ccc(F)cc3)cn12. The van der Waals surface area contributed by atoms with E-state index in [1.54, 1.807) is 17.4 Å². The molecule has 0 spiro atoms. The van der Waals surface area contributed by atoms with Gasteiger partial charge in [0, 0.05) is 6.20 Å². The lowest BCUT2D eigenvalue weighted by molar-refractivity contribution is 0.589. The fourth-order valence-corrected chi connectivity index (χ4v) is 4.40. The van der Waals surface area contributed by atoms with Crippen molar-refractivity contribution < 1.29 is 17.2 Å². The Hall–Kier alpha value is -3.33. The van der Waals surface area contributed by atoms with Gasteiger partial charge in [-0.1, -0.05) is 12.1 Å². The molecule has 0 aliphatic heterocycles. The van der Waals surface area contributed by atoms with Crippen LogP contribution >= 0.6 is 0 Å². The summed E-state index contributed by atoms with van der Waals surface area (Å²) in [6.07, 6.45) is 1.45. The summed E-state index contributed by atoms with van der Waals surface area (Å²) in [5, 5.41) is 7.89. The average Bonchev–Trinajstić information content (AvgIpc) is 3.09. The van der Waals surface area contributed by atoms with Gasteiger partial charge in [-0.25, -0.2) is 17.2 Å². The molecule has 0 amide bonds. The van der Waals surface area contributed by atoms with Gasteiger partial charge < -0.3 is 0 Å². The predicted octanol–water partition coefficient (Wildman–Crippen LogP) is 3.71. The van der Waals surface area contributed by atoms with Crippen LogP contribution in [0.2, 0.25) is 0 Å². The molecule has 29 heavy (non-hydrogen) atoms. The van der Waals surface area contributed by atoms with E-state index in [9.17, 15) is 17.2 Å². The molecule has 2 aromatic heterocycles. The first kappa shape index (κ1) is 19.0. The highest BCUT2D eigenvalue weighted by Gasteiger charge is 2.26. The number of benzene rings is 2. The second-order valence-corrected chi connectivity index (χ2v) is 8.32.